The monoisotopic (exact) mass is 362 g/mol. The first-order valence-corrected chi connectivity index (χ1v) is 8.47. The number of thiazole rings is 1. The number of oxazole rings is 1. The van der Waals surface area contributed by atoms with E-state index < -0.39 is 5.97 Å². The van der Waals surface area contributed by atoms with Crippen LogP contribution in [0.2, 0.25) is 5.02 Å². The number of esters is 1. The molecule has 0 fully saturated rings. The maximum absolute atomic E-state index is 12.3. The molecule has 7 heteroatoms. The van der Waals surface area contributed by atoms with E-state index in [0.717, 1.165) is 22.0 Å². The summed E-state index contributed by atoms with van der Waals surface area (Å²) in [6, 6.07) is 7.35. The molecular formula is C17H15ClN2O3S. The first-order chi connectivity index (χ1) is 11.4. The third-order valence-electron chi connectivity index (χ3n) is 3.45. The fraction of sp³-hybridized carbons (Fsp3) is 0.235. The van der Waals surface area contributed by atoms with Crippen molar-refractivity contribution in [1.29, 1.82) is 0 Å². The highest BCUT2D eigenvalue weighted by Crippen LogP contribution is 2.30. The highest BCUT2D eigenvalue weighted by molar-refractivity contribution is 7.17. The standard InChI is InChI=1S/C17H15ClN2O3S/c1-9-11(3)23-14(19-9)8-22-17(21)15-10(2)20-16(24-15)12-5-4-6-13(18)7-12/h4-7H,8H2,1-3H3. The van der Waals surface area contributed by atoms with E-state index in [1.807, 2.05) is 32.0 Å². The SMILES string of the molecule is Cc1nc(COC(=O)c2sc(-c3cccc(Cl)c3)nc2C)oc1C. The Morgan fingerprint density at radius 3 is 2.71 bits per heavy atom. The van der Waals surface area contributed by atoms with Crippen LogP contribution in [0.1, 0.15) is 32.7 Å². The molecule has 24 heavy (non-hydrogen) atoms. The molecule has 1 aromatic carbocycles. The average molecular weight is 363 g/mol. The van der Waals surface area contributed by atoms with Gasteiger partial charge in [0.05, 0.1) is 11.4 Å². The minimum Gasteiger partial charge on any atom is -0.451 e. The zero-order chi connectivity index (χ0) is 17.3. The van der Waals surface area contributed by atoms with E-state index >= 15 is 0 Å². The van der Waals surface area contributed by atoms with Crippen LogP contribution in [0, 0.1) is 20.8 Å². The molecule has 3 aromatic rings. The molecule has 124 valence electrons. The number of aryl methyl sites for hydroxylation is 3. The van der Waals surface area contributed by atoms with E-state index in [-0.39, 0.29) is 6.61 Å². The molecule has 0 unspecified atom stereocenters. The molecule has 2 heterocycles. The van der Waals surface area contributed by atoms with Gasteiger partial charge in [0.2, 0.25) is 5.89 Å². The van der Waals surface area contributed by atoms with Crippen molar-refractivity contribution in [3.8, 4) is 10.6 Å². The Morgan fingerprint density at radius 1 is 1.25 bits per heavy atom. The Kier molecular flexibility index (Phi) is 4.69. The summed E-state index contributed by atoms with van der Waals surface area (Å²) in [7, 11) is 0. The summed E-state index contributed by atoms with van der Waals surface area (Å²) in [4.78, 5) is 21.4. The molecule has 3 rings (SSSR count). The van der Waals surface area contributed by atoms with Crippen molar-refractivity contribution in [2.45, 2.75) is 27.4 Å². The largest absolute Gasteiger partial charge is 0.451 e. The van der Waals surface area contributed by atoms with Crippen LogP contribution < -0.4 is 0 Å². The fourth-order valence-electron chi connectivity index (χ4n) is 2.12. The Balaban J connectivity index is 1.75. The lowest BCUT2D eigenvalue weighted by molar-refractivity contribution is 0.0441. The number of benzene rings is 1. The van der Waals surface area contributed by atoms with Crippen molar-refractivity contribution in [3.63, 3.8) is 0 Å². The molecule has 0 spiro atoms. The molecule has 0 saturated carbocycles. The third-order valence-corrected chi connectivity index (χ3v) is 4.87. The second-order valence-electron chi connectivity index (χ2n) is 5.27. The van der Waals surface area contributed by atoms with Gasteiger partial charge < -0.3 is 9.15 Å². The molecule has 0 atom stereocenters. The number of nitrogens with zero attached hydrogens (tertiary/aromatic N) is 2. The number of aromatic nitrogens is 2. The van der Waals surface area contributed by atoms with Crippen LogP contribution in [0.25, 0.3) is 10.6 Å². The van der Waals surface area contributed by atoms with Crippen LogP contribution >= 0.6 is 22.9 Å². The van der Waals surface area contributed by atoms with Crippen molar-refractivity contribution >= 4 is 28.9 Å². The summed E-state index contributed by atoms with van der Waals surface area (Å²) in [6.07, 6.45) is 0. The third kappa shape index (κ3) is 3.49. The zero-order valence-corrected chi connectivity index (χ0v) is 15.0. The summed E-state index contributed by atoms with van der Waals surface area (Å²) in [5, 5.41) is 1.35. The van der Waals surface area contributed by atoms with Crippen LogP contribution in [0.4, 0.5) is 0 Å². The van der Waals surface area contributed by atoms with E-state index in [2.05, 4.69) is 9.97 Å². The van der Waals surface area contributed by atoms with Gasteiger partial charge in [-0.05, 0) is 32.9 Å². The second-order valence-corrected chi connectivity index (χ2v) is 6.70. The number of carbonyl (C=O) groups excluding carboxylic acids is 1. The predicted octanol–water partition coefficient (Wildman–Crippen LogP) is 4.73. The zero-order valence-electron chi connectivity index (χ0n) is 13.4. The molecule has 0 radical (unpaired) electrons. The number of carbonyl (C=O) groups is 1. The van der Waals surface area contributed by atoms with Gasteiger partial charge in [-0.1, -0.05) is 23.7 Å². The van der Waals surface area contributed by atoms with Gasteiger partial charge in [-0.3, -0.25) is 0 Å². The van der Waals surface area contributed by atoms with Gasteiger partial charge in [0.15, 0.2) is 6.61 Å². The maximum Gasteiger partial charge on any atom is 0.350 e. The van der Waals surface area contributed by atoms with Crippen LogP contribution in [0.5, 0.6) is 0 Å². The Morgan fingerprint density at radius 2 is 2.04 bits per heavy atom. The lowest BCUT2D eigenvalue weighted by Gasteiger charge is -2.00. The minimum atomic E-state index is -0.438. The molecule has 0 saturated heterocycles. The van der Waals surface area contributed by atoms with Gasteiger partial charge in [-0.15, -0.1) is 11.3 Å². The quantitative estimate of drug-likeness (QED) is 0.627. The molecule has 0 aliphatic carbocycles. The second kappa shape index (κ2) is 6.75. The molecule has 2 aromatic heterocycles. The van der Waals surface area contributed by atoms with Gasteiger partial charge in [0, 0.05) is 10.6 Å². The van der Waals surface area contributed by atoms with Crippen LogP contribution in [0.3, 0.4) is 0 Å². The van der Waals surface area contributed by atoms with Gasteiger partial charge in [-0.25, -0.2) is 14.8 Å². The van der Waals surface area contributed by atoms with Crippen molar-refractivity contribution in [1.82, 2.24) is 9.97 Å². The average Bonchev–Trinajstić information content (AvgIpc) is 3.08. The number of hydrogen-bond donors (Lipinski definition) is 0. The van der Waals surface area contributed by atoms with Crippen LogP contribution in [-0.2, 0) is 11.3 Å². The highest BCUT2D eigenvalue weighted by Gasteiger charge is 2.19. The van der Waals surface area contributed by atoms with Gasteiger partial charge in [-0.2, -0.15) is 0 Å². The van der Waals surface area contributed by atoms with Crippen molar-refractivity contribution in [2.24, 2.45) is 0 Å². The molecular weight excluding hydrogens is 348 g/mol. The molecule has 0 N–H and O–H groups in total. The van der Waals surface area contributed by atoms with Crippen LogP contribution in [-0.4, -0.2) is 15.9 Å². The fourth-order valence-corrected chi connectivity index (χ4v) is 3.27. The van der Waals surface area contributed by atoms with Gasteiger partial charge >= 0.3 is 5.97 Å². The number of hydrogen-bond acceptors (Lipinski definition) is 6. The van der Waals surface area contributed by atoms with Crippen LogP contribution in [0.15, 0.2) is 28.7 Å². The number of halogens is 1. The van der Waals surface area contributed by atoms with E-state index in [0.29, 0.717) is 21.5 Å². The highest BCUT2D eigenvalue weighted by atomic mass is 35.5. The summed E-state index contributed by atoms with van der Waals surface area (Å²) in [6.45, 7) is 5.44. The molecule has 0 aliphatic heterocycles. The molecule has 5 nitrogen and oxygen atoms in total. The first kappa shape index (κ1) is 16.7. The first-order valence-electron chi connectivity index (χ1n) is 7.27. The lowest BCUT2D eigenvalue weighted by Crippen LogP contribution is -2.05. The Labute approximate surface area is 148 Å². The topological polar surface area (TPSA) is 65.2 Å². The summed E-state index contributed by atoms with van der Waals surface area (Å²) >= 11 is 7.28. The summed E-state index contributed by atoms with van der Waals surface area (Å²) < 4.78 is 10.7. The van der Waals surface area contributed by atoms with Crippen molar-refractivity contribution in [2.75, 3.05) is 0 Å². The smallest absolute Gasteiger partial charge is 0.350 e. The van der Waals surface area contributed by atoms with Crippen molar-refractivity contribution < 1.29 is 13.9 Å². The Hall–Kier alpha value is -2.18. The van der Waals surface area contributed by atoms with E-state index in [4.69, 9.17) is 20.8 Å². The summed E-state index contributed by atoms with van der Waals surface area (Å²) in [5.41, 5.74) is 2.28. The number of rotatable bonds is 4. The molecule has 0 aliphatic rings. The maximum atomic E-state index is 12.3. The van der Waals surface area contributed by atoms with E-state index in [1.54, 1.807) is 13.0 Å². The van der Waals surface area contributed by atoms with Crippen molar-refractivity contribution in [3.05, 3.63) is 57.2 Å². The lowest BCUT2D eigenvalue weighted by atomic mass is 10.2. The minimum absolute atomic E-state index is 0.00263. The van der Waals surface area contributed by atoms with E-state index in [9.17, 15) is 4.79 Å². The molecule has 0 amide bonds. The van der Waals surface area contributed by atoms with E-state index in [1.165, 1.54) is 11.3 Å². The normalized spacial score (nSPS) is 10.8. The molecule has 0 bridgehead atoms. The summed E-state index contributed by atoms with van der Waals surface area (Å²) in [5.74, 6) is 0.667. The van der Waals surface area contributed by atoms with Gasteiger partial charge in [0.1, 0.15) is 15.6 Å². The van der Waals surface area contributed by atoms with Gasteiger partial charge in [0.25, 0.3) is 0 Å². The Bertz CT molecular complexity index is 882. The number of ether oxygens (including phenoxy) is 1. The predicted molar refractivity (Wildman–Crippen MR) is 92.4 cm³/mol.